The number of hydrogen-bond acceptors (Lipinski definition) is 4. The Morgan fingerprint density at radius 1 is 0.440 bits per heavy atom. The molecule has 0 aliphatic rings. The third-order valence-corrected chi connectivity index (χ3v) is 9.86. The molecule has 0 bridgehead atoms. The average molecular weight is 668 g/mol. The van der Waals surface area contributed by atoms with Gasteiger partial charge in [-0.15, -0.1) is 11.3 Å². The first kappa shape index (κ1) is 19.5. The van der Waals surface area contributed by atoms with Crippen molar-refractivity contribution in [2.75, 3.05) is 0 Å². The molecule has 0 atom stereocenters. The minimum Gasteiger partial charge on any atom is -0.308 e. The molecule has 234 valence electrons. The summed E-state index contributed by atoms with van der Waals surface area (Å²) in [6.07, 6.45) is 0. The summed E-state index contributed by atoms with van der Waals surface area (Å²) in [4.78, 5) is 14.6. The number of para-hydroxylation sites is 3. The molecule has 0 unspecified atom stereocenters. The van der Waals surface area contributed by atoms with Crippen molar-refractivity contribution < 1.29 is 15.1 Å². The molecule has 7 aromatic carbocycles. The van der Waals surface area contributed by atoms with Gasteiger partial charge in [-0.25, -0.2) is 15.0 Å². The first-order chi connectivity index (χ1) is 29.4. The van der Waals surface area contributed by atoms with Gasteiger partial charge >= 0.3 is 0 Å². The summed E-state index contributed by atoms with van der Waals surface area (Å²) in [6.45, 7) is 0. The van der Waals surface area contributed by atoms with Crippen molar-refractivity contribution in [1.82, 2.24) is 19.5 Å². The highest BCUT2D eigenvalue weighted by Gasteiger charge is 2.23. The molecular weight excluding hydrogens is 629 g/mol. The predicted molar refractivity (Wildman–Crippen MR) is 209 cm³/mol. The van der Waals surface area contributed by atoms with Crippen LogP contribution in [0.5, 0.6) is 0 Å². The van der Waals surface area contributed by atoms with Gasteiger partial charge in [0.1, 0.15) is 0 Å². The number of rotatable bonds is 5. The lowest BCUT2D eigenvalue weighted by molar-refractivity contribution is 1.06. The Kier molecular flexibility index (Phi) is 4.54. The Morgan fingerprint density at radius 3 is 1.88 bits per heavy atom. The van der Waals surface area contributed by atoms with E-state index in [1.165, 1.54) is 6.07 Å². The number of aromatic nitrogens is 4. The van der Waals surface area contributed by atoms with Crippen LogP contribution in [0.25, 0.3) is 93.0 Å². The van der Waals surface area contributed by atoms with Crippen molar-refractivity contribution >= 4 is 53.3 Å². The molecular formula is C45H28N4S. The molecule has 10 rings (SSSR count). The van der Waals surface area contributed by atoms with Crippen LogP contribution in [0, 0.1) is 0 Å². The van der Waals surface area contributed by atoms with Crippen LogP contribution in [-0.4, -0.2) is 19.5 Å². The van der Waals surface area contributed by atoms with Gasteiger partial charge in [0.25, 0.3) is 0 Å². The standard InChI is InChI=1S/C45H28N4S/c1-3-15-29(16-4-1)43-46-44(30-17-5-2-6-18-30)48-45(47-43)37-25-13-22-34(36-24-14-23-35-33-21-9-12-28-40(33)50-42(35)36)41(37)49-38-26-10-7-19-31(38)32-20-8-11-27-39(32)49/h1-28H/i1D,3D,4D,9D,14D,15D,16D,21D,23D,24D,28D. The Labute approximate surface area is 308 Å². The summed E-state index contributed by atoms with van der Waals surface area (Å²) < 4.78 is 99.5. The summed E-state index contributed by atoms with van der Waals surface area (Å²) in [7, 11) is 0. The number of hydrogen-bond donors (Lipinski definition) is 0. The molecule has 10 aromatic rings. The van der Waals surface area contributed by atoms with Gasteiger partial charge in [-0.1, -0.05) is 145 Å². The predicted octanol–water partition coefficient (Wildman–Crippen LogP) is 12.0. The fourth-order valence-electron chi connectivity index (χ4n) is 6.58. The molecule has 5 heteroatoms. The molecule has 0 saturated carbocycles. The van der Waals surface area contributed by atoms with Gasteiger partial charge < -0.3 is 4.57 Å². The SMILES string of the molecule is [2H]c1cc([2H])c2sc3c(-c4cccc(-c5nc(-c6ccccc6)nc(-c6c([2H])c([2H])c([2H])c([2H])c6[2H])n5)c4-n4c5ccccc5c5ccccc54)c([2H])c([2H])c([2H])c3c2c1[2H]. The number of nitrogens with zero attached hydrogens (tertiary/aromatic N) is 4. The maximum absolute atomic E-state index is 9.52. The van der Waals surface area contributed by atoms with E-state index in [2.05, 4.69) is 0 Å². The molecule has 0 fully saturated rings. The van der Waals surface area contributed by atoms with Gasteiger partial charge in [0.05, 0.1) is 31.8 Å². The first-order valence-corrected chi connectivity index (χ1v) is 16.6. The summed E-state index contributed by atoms with van der Waals surface area (Å²) >= 11 is 1.13. The fraction of sp³-hybridized carbons (Fsp3) is 0. The van der Waals surface area contributed by atoms with Gasteiger partial charge in [-0.05, 0) is 24.2 Å². The van der Waals surface area contributed by atoms with E-state index in [1.807, 2.05) is 71.3 Å². The van der Waals surface area contributed by atoms with E-state index in [-0.39, 0.29) is 69.6 Å². The highest BCUT2D eigenvalue weighted by molar-refractivity contribution is 7.26. The summed E-state index contributed by atoms with van der Waals surface area (Å²) in [6, 6.07) is 27.4. The van der Waals surface area contributed by atoms with Crippen molar-refractivity contribution in [1.29, 1.82) is 0 Å². The topological polar surface area (TPSA) is 43.6 Å². The van der Waals surface area contributed by atoms with Gasteiger partial charge in [0.2, 0.25) is 0 Å². The molecule has 0 amide bonds. The highest BCUT2D eigenvalue weighted by atomic mass is 32.1. The zero-order valence-corrected chi connectivity index (χ0v) is 26.8. The number of thiophene rings is 1. The van der Waals surface area contributed by atoms with Gasteiger partial charge in [-0.2, -0.15) is 0 Å². The highest BCUT2D eigenvalue weighted by Crippen LogP contribution is 2.45. The maximum Gasteiger partial charge on any atom is 0.166 e. The molecule has 50 heavy (non-hydrogen) atoms. The number of fused-ring (bicyclic) bond motifs is 6. The van der Waals surface area contributed by atoms with Crippen LogP contribution < -0.4 is 0 Å². The smallest absolute Gasteiger partial charge is 0.166 e. The molecule has 0 saturated heterocycles. The minimum absolute atomic E-state index is 0.00390. The van der Waals surface area contributed by atoms with Gasteiger partial charge in [0, 0.05) is 58.8 Å². The van der Waals surface area contributed by atoms with Crippen LogP contribution in [0.2, 0.25) is 0 Å². The van der Waals surface area contributed by atoms with Crippen molar-refractivity contribution in [3.05, 3.63) is 170 Å². The average Bonchev–Trinajstić information content (AvgIpc) is 3.84. The monoisotopic (exact) mass is 667 g/mol. The molecule has 0 aliphatic heterocycles. The van der Waals surface area contributed by atoms with Crippen molar-refractivity contribution in [2.45, 2.75) is 0 Å². The normalized spacial score (nSPS) is 14.7. The van der Waals surface area contributed by atoms with Crippen LogP contribution in [0.1, 0.15) is 15.1 Å². The largest absolute Gasteiger partial charge is 0.308 e. The zero-order valence-electron chi connectivity index (χ0n) is 37.0. The molecule has 0 radical (unpaired) electrons. The lowest BCUT2D eigenvalue weighted by Crippen LogP contribution is -2.05. The van der Waals surface area contributed by atoms with E-state index in [0.29, 0.717) is 31.8 Å². The number of benzene rings is 7. The third kappa shape index (κ3) is 4.55. The van der Waals surface area contributed by atoms with Crippen LogP contribution in [0.15, 0.2) is 170 Å². The molecule has 0 aliphatic carbocycles. The lowest BCUT2D eigenvalue weighted by Gasteiger charge is -2.19. The third-order valence-electron chi connectivity index (χ3n) is 8.72. The van der Waals surface area contributed by atoms with Crippen molar-refractivity contribution in [3.63, 3.8) is 0 Å². The molecule has 3 heterocycles. The van der Waals surface area contributed by atoms with E-state index in [4.69, 9.17) is 28.7 Å². The molecule has 3 aromatic heterocycles. The minimum atomic E-state index is -0.558. The Balaban J connectivity index is 1.40. The van der Waals surface area contributed by atoms with Crippen LogP contribution in [0.4, 0.5) is 0 Å². The van der Waals surface area contributed by atoms with Gasteiger partial charge in [0.15, 0.2) is 17.5 Å². The van der Waals surface area contributed by atoms with Gasteiger partial charge in [-0.3, -0.25) is 0 Å². The van der Waals surface area contributed by atoms with E-state index in [1.54, 1.807) is 30.3 Å². The van der Waals surface area contributed by atoms with E-state index >= 15 is 0 Å². The summed E-state index contributed by atoms with van der Waals surface area (Å²) in [5.74, 6) is 0.0947. The second kappa shape index (κ2) is 11.6. The van der Waals surface area contributed by atoms with E-state index in [9.17, 15) is 1.37 Å². The van der Waals surface area contributed by atoms with Crippen molar-refractivity contribution in [2.24, 2.45) is 0 Å². The molecule has 0 N–H and O–H groups in total. The molecule has 0 spiro atoms. The fourth-order valence-corrected chi connectivity index (χ4v) is 7.67. The summed E-state index contributed by atoms with van der Waals surface area (Å²) in [5.41, 5.74) is 3.51. The van der Waals surface area contributed by atoms with Crippen LogP contribution in [-0.2, 0) is 0 Å². The first-order valence-electron chi connectivity index (χ1n) is 21.3. The molecule has 4 nitrogen and oxygen atoms in total. The Bertz CT molecular complexity index is 3430. The van der Waals surface area contributed by atoms with Crippen molar-refractivity contribution in [3.8, 4) is 51.0 Å². The van der Waals surface area contributed by atoms with E-state index in [0.717, 1.165) is 33.1 Å². The summed E-state index contributed by atoms with van der Waals surface area (Å²) in [5, 5.41) is 2.25. The van der Waals surface area contributed by atoms with E-state index < -0.39 is 36.3 Å². The zero-order chi connectivity index (χ0) is 42.6. The quantitative estimate of drug-likeness (QED) is 0.183. The second-order valence-corrected chi connectivity index (χ2v) is 12.6. The lowest BCUT2D eigenvalue weighted by atomic mass is 9.97. The maximum atomic E-state index is 9.52. The van der Waals surface area contributed by atoms with Crippen LogP contribution in [0.3, 0.4) is 0 Å². The second-order valence-electron chi connectivity index (χ2n) is 11.6. The Hall–Kier alpha value is -6.43. The Morgan fingerprint density at radius 2 is 1.10 bits per heavy atom. The van der Waals surface area contributed by atoms with Crippen LogP contribution >= 0.6 is 11.3 Å².